The van der Waals surface area contributed by atoms with Crippen LogP contribution in [0.2, 0.25) is 0 Å². The van der Waals surface area contributed by atoms with Gasteiger partial charge in [-0.05, 0) is 116 Å². The van der Waals surface area contributed by atoms with Crippen LogP contribution in [0, 0.1) is 13.8 Å². The number of hydrogen-bond donors (Lipinski definition) is 0. The molecule has 0 aliphatic heterocycles. The molecule has 0 saturated carbocycles. The van der Waals surface area contributed by atoms with Gasteiger partial charge >= 0.3 is 0 Å². The quantitative estimate of drug-likeness (QED) is 0.126. The van der Waals surface area contributed by atoms with Gasteiger partial charge in [0.1, 0.15) is 0 Å². The van der Waals surface area contributed by atoms with Crippen LogP contribution in [-0.2, 0) is 0 Å². The largest absolute Gasteiger partial charge is 0.309 e. The molecule has 0 aromatic heterocycles. The highest BCUT2D eigenvalue weighted by atomic mass is 15.2. The maximum atomic E-state index is 2.51. The second-order valence-corrected chi connectivity index (χ2v) is 17.7. The number of para-hydroxylation sites is 2. The Balaban J connectivity index is 1.13. The maximum Gasteiger partial charge on any atom is 0.0541 e. The third kappa shape index (κ3) is 6.98. The second-order valence-electron chi connectivity index (χ2n) is 17.7. The van der Waals surface area contributed by atoms with Crippen molar-refractivity contribution in [1.29, 1.82) is 0 Å². The van der Waals surface area contributed by atoms with Crippen molar-refractivity contribution in [3.63, 3.8) is 0 Å². The molecule has 0 unspecified atom stereocenters. The fraction of sp³-hybridized carbons (Fsp3) is 0.0303. The van der Waals surface area contributed by atoms with Gasteiger partial charge in [-0.2, -0.15) is 0 Å². The minimum absolute atomic E-state index is 1.13. The number of anilines is 6. The molecule has 0 aliphatic carbocycles. The lowest BCUT2D eigenvalue weighted by Crippen LogP contribution is -2.14. The Kier molecular flexibility index (Phi) is 10.3. The summed E-state index contributed by atoms with van der Waals surface area (Å²) in [5.41, 5.74) is 18.8. The first-order chi connectivity index (χ1) is 33.6. The molecule has 0 amide bonds. The van der Waals surface area contributed by atoms with Gasteiger partial charge in [0, 0.05) is 33.3 Å². The van der Waals surface area contributed by atoms with Crippen molar-refractivity contribution < 1.29 is 0 Å². The number of nitrogens with zero attached hydrogens (tertiary/aromatic N) is 2. The zero-order chi connectivity index (χ0) is 45.6. The van der Waals surface area contributed by atoms with E-state index in [2.05, 4.69) is 278 Å². The van der Waals surface area contributed by atoms with Crippen LogP contribution >= 0.6 is 0 Å². The molecule has 2 heteroatoms. The molecular formula is C66H48N2. The normalized spacial score (nSPS) is 11.4. The minimum atomic E-state index is 1.13. The van der Waals surface area contributed by atoms with Gasteiger partial charge in [0.15, 0.2) is 0 Å². The molecule has 0 bridgehead atoms. The van der Waals surface area contributed by atoms with Crippen LogP contribution < -0.4 is 9.80 Å². The molecule has 0 spiro atoms. The summed E-state index contributed by atoms with van der Waals surface area (Å²) in [5.74, 6) is 0. The van der Waals surface area contributed by atoms with E-state index in [0.717, 1.165) is 34.1 Å². The maximum absolute atomic E-state index is 2.51. The summed E-state index contributed by atoms with van der Waals surface area (Å²) in [5, 5.41) is 7.33. The van der Waals surface area contributed by atoms with Gasteiger partial charge in [-0.1, -0.05) is 218 Å². The van der Waals surface area contributed by atoms with Crippen molar-refractivity contribution >= 4 is 66.4 Å². The van der Waals surface area contributed by atoms with Crippen molar-refractivity contribution in [3.05, 3.63) is 266 Å². The van der Waals surface area contributed by atoms with Crippen LogP contribution in [0.1, 0.15) is 11.1 Å². The average molecular weight is 869 g/mol. The third-order valence-electron chi connectivity index (χ3n) is 13.8. The van der Waals surface area contributed by atoms with Gasteiger partial charge in [-0.15, -0.1) is 0 Å². The van der Waals surface area contributed by atoms with Crippen LogP contribution in [-0.4, -0.2) is 0 Å². The molecule has 12 rings (SSSR count). The predicted molar refractivity (Wildman–Crippen MR) is 291 cm³/mol. The van der Waals surface area contributed by atoms with E-state index < -0.39 is 0 Å². The van der Waals surface area contributed by atoms with Crippen molar-refractivity contribution in [2.45, 2.75) is 13.8 Å². The van der Waals surface area contributed by atoms with Crippen LogP contribution in [0.3, 0.4) is 0 Å². The Morgan fingerprint density at radius 2 is 0.515 bits per heavy atom. The molecule has 12 aromatic rings. The third-order valence-corrected chi connectivity index (χ3v) is 13.8. The number of rotatable bonds is 10. The van der Waals surface area contributed by atoms with Gasteiger partial charge in [0.25, 0.3) is 0 Å². The first kappa shape index (κ1) is 40.8. The topological polar surface area (TPSA) is 6.48 Å². The highest BCUT2D eigenvalue weighted by molar-refractivity contribution is 6.28. The zero-order valence-corrected chi connectivity index (χ0v) is 38.1. The van der Waals surface area contributed by atoms with Crippen LogP contribution in [0.4, 0.5) is 34.1 Å². The summed E-state index contributed by atoms with van der Waals surface area (Å²) in [4.78, 5) is 5.02. The molecule has 0 N–H and O–H groups in total. The van der Waals surface area contributed by atoms with E-state index >= 15 is 0 Å². The molecule has 2 nitrogen and oxygen atoms in total. The molecule has 0 radical (unpaired) electrons. The lowest BCUT2D eigenvalue weighted by Gasteiger charge is -2.32. The summed E-state index contributed by atoms with van der Waals surface area (Å²) in [7, 11) is 0. The van der Waals surface area contributed by atoms with Gasteiger partial charge < -0.3 is 9.80 Å². The Hall–Kier alpha value is -8.72. The van der Waals surface area contributed by atoms with E-state index in [1.807, 2.05) is 0 Å². The summed E-state index contributed by atoms with van der Waals surface area (Å²) >= 11 is 0. The molecule has 0 atom stereocenters. The molecule has 322 valence electrons. The zero-order valence-electron chi connectivity index (χ0n) is 38.1. The van der Waals surface area contributed by atoms with E-state index in [9.17, 15) is 0 Å². The van der Waals surface area contributed by atoms with E-state index in [0.29, 0.717) is 0 Å². The molecule has 0 fully saturated rings. The molecule has 0 saturated heterocycles. The van der Waals surface area contributed by atoms with E-state index in [1.54, 1.807) is 0 Å². The first-order valence-electron chi connectivity index (χ1n) is 23.5. The SMILES string of the molecule is Cc1c(-c2ccccc2)cccc1N(c1ccccc1-c1ccccc1)c1ccc2ccc3c(N(c4ccccc4-c4ccccc4)c4cccc(-c5ccccc5)c4C)ccc4ccc1c2c43. The Morgan fingerprint density at radius 1 is 0.221 bits per heavy atom. The standard InChI is InChI=1S/C66H48N2/c1-45-53(47-21-7-3-8-22-47)31-19-35-59(45)67(61-33-17-15-29-55(61)49-25-11-5-12-26-49)63-43-39-51-38-42-58-64(44-40-52-37-41-57(63)65(51)66(52)58)68(62-34-18-16-30-56(62)50-27-13-6-14-28-50)60-36-20-32-54(46(60)2)48-23-9-4-10-24-48/h3-44H,1-2H3. The van der Waals surface area contributed by atoms with Gasteiger partial charge in [0.05, 0.1) is 22.7 Å². The van der Waals surface area contributed by atoms with E-state index in [4.69, 9.17) is 0 Å². The highest BCUT2D eigenvalue weighted by Gasteiger charge is 2.26. The van der Waals surface area contributed by atoms with E-state index in [1.165, 1.54) is 88.0 Å². The second kappa shape index (κ2) is 17.3. The molecule has 68 heavy (non-hydrogen) atoms. The summed E-state index contributed by atoms with van der Waals surface area (Å²) < 4.78 is 0. The summed E-state index contributed by atoms with van der Waals surface area (Å²) in [6.07, 6.45) is 0. The van der Waals surface area contributed by atoms with Crippen LogP contribution in [0.25, 0.3) is 76.8 Å². The molecule has 0 aliphatic rings. The number of hydrogen-bond acceptors (Lipinski definition) is 2. The average Bonchev–Trinajstić information content (AvgIpc) is 3.41. The van der Waals surface area contributed by atoms with E-state index in [-0.39, 0.29) is 0 Å². The Morgan fingerprint density at radius 3 is 0.897 bits per heavy atom. The van der Waals surface area contributed by atoms with Crippen molar-refractivity contribution in [3.8, 4) is 44.5 Å². The fourth-order valence-corrected chi connectivity index (χ4v) is 10.6. The number of benzene rings is 12. The molecule has 0 heterocycles. The summed E-state index contributed by atoms with van der Waals surface area (Å²) in [6.45, 7) is 4.54. The molecule has 12 aromatic carbocycles. The lowest BCUT2D eigenvalue weighted by atomic mass is 9.90. The monoisotopic (exact) mass is 868 g/mol. The van der Waals surface area contributed by atoms with Crippen LogP contribution in [0.15, 0.2) is 255 Å². The van der Waals surface area contributed by atoms with Gasteiger partial charge in [-0.25, -0.2) is 0 Å². The molecular weight excluding hydrogens is 821 g/mol. The van der Waals surface area contributed by atoms with Gasteiger partial charge in [-0.3, -0.25) is 0 Å². The van der Waals surface area contributed by atoms with Gasteiger partial charge in [0.2, 0.25) is 0 Å². The van der Waals surface area contributed by atoms with Crippen molar-refractivity contribution in [2.24, 2.45) is 0 Å². The Labute approximate surface area is 398 Å². The van der Waals surface area contributed by atoms with Crippen molar-refractivity contribution in [1.82, 2.24) is 0 Å². The fourth-order valence-electron chi connectivity index (χ4n) is 10.6. The highest BCUT2D eigenvalue weighted by Crippen LogP contribution is 2.51. The first-order valence-corrected chi connectivity index (χ1v) is 23.5. The summed E-state index contributed by atoms with van der Waals surface area (Å²) in [6, 6.07) is 93.0. The minimum Gasteiger partial charge on any atom is -0.309 e. The predicted octanol–water partition coefficient (Wildman–Crippen LogP) is 18.8. The van der Waals surface area contributed by atoms with Crippen LogP contribution in [0.5, 0.6) is 0 Å². The Bertz CT molecular complexity index is 3500. The smallest absolute Gasteiger partial charge is 0.0541 e. The van der Waals surface area contributed by atoms with Crippen molar-refractivity contribution in [2.75, 3.05) is 9.80 Å². The lowest BCUT2D eigenvalue weighted by molar-refractivity contribution is 1.26.